The van der Waals surface area contributed by atoms with Crippen LogP contribution in [0.4, 0.5) is 0 Å². The summed E-state index contributed by atoms with van der Waals surface area (Å²) in [5.41, 5.74) is -0.213. The van der Waals surface area contributed by atoms with E-state index in [0.29, 0.717) is 30.6 Å². The molecule has 4 nitrogen and oxygen atoms in total. The topological polar surface area (TPSA) is 66.8 Å². The molecule has 0 saturated heterocycles. The quantitative estimate of drug-likeness (QED) is 0.456. The number of methoxy groups -OCH3 is 1. The molecule has 0 amide bonds. The zero-order valence-corrected chi connectivity index (χ0v) is 23.3. The Balaban J connectivity index is 1.43. The van der Waals surface area contributed by atoms with Crippen LogP contribution in [0, 0.1) is 50.7 Å². The molecule has 5 saturated carbocycles. The lowest BCUT2D eigenvalue weighted by atomic mass is 9.41. The van der Waals surface area contributed by atoms with E-state index >= 15 is 0 Å². The van der Waals surface area contributed by atoms with Crippen molar-refractivity contribution in [3.63, 3.8) is 0 Å². The highest BCUT2D eigenvalue weighted by atomic mass is 16.5. The Labute approximate surface area is 213 Å². The normalized spacial score (nSPS) is 52.0. The molecule has 0 aromatic carbocycles. The van der Waals surface area contributed by atoms with Gasteiger partial charge in [-0.15, -0.1) is 0 Å². The fourth-order valence-corrected chi connectivity index (χ4v) is 11.0. The van der Waals surface area contributed by atoms with Crippen molar-refractivity contribution in [3.8, 4) is 0 Å². The van der Waals surface area contributed by atoms with Crippen LogP contribution in [-0.2, 0) is 9.53 Å². The summed E-state index contributed by atoms with van der Waals surface area (Å²) < 4.78 is 5.57. The number of fused-ring (bicyclic) bond motifs is 2. The molecule has 5 rings (SSSR count). The first-order valence-electron chi connectivity index (χ1n) is 14.3. The number of Topliss-reactive ketones (excluding diaryl/α,β-unsaturated/α-hetero) is 1. The van der Waals surface area contributed by atoms with Crippen LogP contribution in [0.2, 0.25) is 0 Å². The van der Waals surface area contributed by atoms with Crippen LogP contribution in [0.3, 0.4) is 0 Å². The van der Waals surface area contributed by atoms with Crippen LogP contribution >= 0.6 is 0 Å². The monoisotopic (exact) mass is 486 g/mol. The minimum atomic E-state index is -0.676. The third-order valence-corrected chi connectivity index (χ3v) is 13.3. The molecule has 5 aliphatic carbocycles. The van der Waals surface area contributed by atoms with E-state index in [2.05, 4.69) is 46.8 Å². The number of rotatable bonds is 6. The van der Waals surface area contributed by atoms with Gasteiger partial charge < -0.3 is 14.9 Å². The van der Waals surface area contributed by atoms with Crippen molar-refractivity contribution < 1.29 is 19.7 Å². The van der Waals surface area contributed by atoms with E-state index in [1.165, 1.54) is 25.7 Å². The molecule has 35 heavy (non-hydrogen) atoms. The summed E-state index contributed by atoms with van der Waals surface area (Å²) in [7, 11) is 1.77. The van der Waals surface area contributed by atoms with Crippen molar-refractivity contribution >= 4 is 5.78 Å². The average Bonchev–Trinajstić information content (AvgIpc) is 3.37. The number of hydrogen-bond acceptors (Lipinski definition) is 4. The summed E-state index contributed by atoms with van der Waals surface area (Å²) in [6, 6.07) is 0. The first-order valence-corrected chi connectivity index (χ1v) is 14.3. The molecule has 5 fully saturated rings. The van der Waals surface area contributed by atoms with E-state index < -0.39 is 5.41 Å². The van der Waals surface area contributed by atoms with Gasteiger partial charge in [0.1, 0.15) is 5.78 Å². The summed E-state index contributed by atoms with van der Waals surface area (Å²) in [5, 5.41) is 22.2. The number of hydrogen-bond donors (Lipinski definition) is 2. The summed E-state index contributed by atoms with van der Waals surface area (Å²) >= 11 is 0. The molecule has 0 aromatic rings. The second-order valence-corrected chi connectivity index (χ2v) is 14.7. The Hall–Kier alpha value is -0.710. The number of ether oxygens (including phenoxy) is 1. The SMILES string of the molecule is COC(C)(C)C=CC[C@@H](C)[C@H]1CC[C@@]2(C)[C@@H]3[C@@H](O)C[C@@H]4[C@@]5(CCC(=O)[C@]4(C)CO)C[C@@]35CC[C@]12C. The molecular formula is C31H50O4. The zero-order chi connectivity index (χ0) is 25.7. The Kier molecular flexibility index (Phi) is 5.85. The number of aliphatic hydroxyl groups excluding tert-OH is 2. The van der Waals surface area contributed by atoms with Gasteiger partial charge in [-0.2, -0.15) is 0 Å². The van der Waals surface area contributed by atoms with Crippen LogP contribution in [0.5, 0.6) is 0 Å². The van der Waals surface area contributed by atoms with Gasteiger partial charge in [-0.1, -0.05) is 39.8 Å². The molecule has 0 unspecified atom stereocenters. The van der Waals surface area contributed by atoms with Gasteiger partial charge >= 0.3 is 0 Å². The fourth-order valence-electron chi connectivity index (χ4n) is 11.0. The lowest BCUT2D eigenvalue weighted by molar-refractivity contribution is -0.193. The van der Waals surface area contributed by atoms with Crippen molar-refractivity contribution in [2.45, 2.75) is 111 Å². The highest BCUT2D eigenvalue weighted by Gasteiger charge is 2.84. The van der Waals surface area contributed by atoms with Gasteiger partial charge in [-0.05, 0) is 111 Å². The number of allylic oxidation sites excluding steroid dienone is 1. The molecule has 0 aromatic heterocycles. The first-order chi connectivity index (χ1) is 16.3. The highest BCUT2D eigenvalue weighted by molar-refractivity contribution is 5.86. The van der Waals surface area contributed by atoms with E-state index in [4.69, 9.17) is 4.74 Å². The molecular weight excluding hydrogens is 436 g/mol. The van der Waals surface area contributed by atoms with Crippen LogP contribution < -0.4 is 0 Å². The van der Waals surface area contributed by atoms with E-state index in [-0.39, 0.29) is 51.7 Å². The van der Waals surface area contributed by atoms with Crippen molar-refractivity contribution in [1.82, 2.24) is 0 Å². The second-order valence-electron chi connectivity index (χ2n) is 14.7. The molecule has 2 N–H and O–H groups in total. The van der Waals surface area contributed by atoms with Crippen molar-refractivity contribution in [3.05, 3.63) is 12.2 Å². The summed E-state index contributed by atoms with van der Waals surface area (Å²) in [4.78, 5) is 13.0. The maximum absolute atomic E-state index is 13.0. The predicted octanol–water partition coefficient (Wildman–Crippen LogP) is 5.95. The lowest BCUT2D eigenvalue weighted by Gasteiger charge is -2.64. The Morgan fingerprint density at radius 2 is 1.83 bits per heavy atom. The van der Waals surface area contributed by atoms with Gasteiger partial charge in [0.25, 0.3) is 0 Å². The Morgan fingerprint density at radius 1 is 1.11 bits per heavy atom. The van der Waals surface area contributed by atoms with Crippen LogP contribution in [0.25, 0.3) is 0 Å². The number of carbonyl (C=O) groups excluding carboxylic acids is 1. The summed E-state index contributed by atoms with van der Waals surface area (Å²) in [6.45, 7) is 13.6. The molecule has 0 aliphatic heterocycles. The molecule has 4 heteroatoms. The predicted molar refractivity (Wildman–Crippen MR) is 139 cm³/mol. The molecule has 0 bridgehead atoms. The molecule has 10 atom stereocenters. The number of carbonyl (C=O) groups is 1. The zero-order valence-electron chi connectivity index (χ0n) is 23.3. The van der Waals surface area contributed by atoms with Gasteiger partial charge in [0, 0.05) is 13.5 Å². The van der Waals surface area contributed by atoms with Crippen molar-refractivity contribution in [2.24, 2.45) is 50.7 Å². The Bertz CT molecular complexity index is 910. The van der Waals surface area contributed by atoms with Crippen LogP contribution in [0.15, 0.2) is 12.2 Å². The second kappa shape index (κ2) is 7.90. The van der Waals surface area contributed by atoms with Gasteiger partial charge in [0.2, 0.25) is 0 Å². The van der Waals surface area contributed by atoms with Crippen LogP contribution in [0.1, 0.15) is 99.3 Å². The molecule has 2 spiro atoms. The minimum Gasteiger partial charge on any atom is -0.395 e. The molecule has 198 valence electrons. The van der Waals surface area contributed by atoms with E-state index in [1.54, 1.807) is 7.11 Å². The van der Waals surface area contributed by atoms with E-state index in [1.807, 2.05) is 6.92 Å². The standard InChI is InChI=1S/C31H50O4/c1-20(9-8-12-26(2,3)35-7)21-10-13-29(6)25-22(33)17-23-27(4,19-32)24(34)11-14-30(23)18-31(25,30)16-15-28(21,29)5/h8,12,20-23,25,32-33H,9-11,13-19H2,1-7H3/t20-,21-,22+,23+,25+,27-,28-,29+,30-,31+/m1/s1. The van der Waals surface area contributed by atoms with Gasteiger partial charge in [-0.25, -0.2) is 0 Å². The number of aliphatic hydroxyl groups is 2. The van der Waals surface area contributed by atoms with E-state index in [9.17, 15) is 15.0 Å². The maximum atomic E-state index is 13.0. The third kappa shape index (κ3) is 3.18. The van der Waals surface area contributed by atoms with Crippen molar-refractivity contribution in [2.75, 3.05) is 13.7 Å². The van der Waals surface area contributed by atoms with Crippen LogP contribution in [-0.4, -0.2) is 41.4 Å². The summed E-state index contributed by atoms with van der Waals surface area (Å²) in [6.07, 6.45) is 13.5. The van der Waals surface area contributed by atoms with E-state index in [0.717, 1.165) is 19.3 Å². The summed E-state index contributed by atoms with van der Waals surface area (Å²) in [5.74, 6) is 1.93. The van der Waals surface area contributed by atoms with Gasteiger partial charge in [0.05, 0.1) is 23.7 Å². The minimum absolute atomic E-state index is 0.0757. The maximum Gasteiger partial charge on any atom is 0.141 e. The van der Waals surface area contributed by atoms with Gasteiger partial charge in [0.15, 0.2) is 0 Å². The molecule has 5 aliphatic rings. The largest absolute Gasteiger partial charge is 0.395 e. The lowest BCUT2D eigenvalue weighted by Crippen LogP contribution is -2.62. The first kappa shape index (κ1) is 25.9. The fraction of sp³-hybridized carbons (Fsp3) is 0.903. The smallest absolute Gasteiger partial charge is 0.141 e. The molecule has 0 radical (unpaired) electrons. The number of ketones is 1. The highest BCUT2D eigenvalue weighted by Crippen LogP contribution is 2.88. The Morgan fingerprint density at radius 3 is 2.49 bits per heavy atom. The molecule has 0 heterocycles. The average molecular weight is 487 g/mol. The van der Waals surface area contributed by atoms with Gasteiger partial charge in [-0.3, -0.25) is 4.79 Å². The third-order valence-electron chi connectivity index (χ3n) is 13.3. The van der Waals surface area contributed by atoms with Crippen molar-refractivity contribution in [1.29, 1.82) is 0 Å².